The standard InChI is InChI=1S/C29H37N3O7S/c1-15(2)19-9-22(16(3)4)27(23(10-19)17(5)6)40(36,37)39-28-25-14-32(20-11-21(12-20)38-18(7)33)26(34)13-24(25)29(35)31(8)30-28/h9-10,13-17,20-21H,11-12H2,1-8H3. The lowest BCUT2D eigenvalue weighted by atomic mass is 9.88. The average molecular weight is 572 g/mol. The van der Waals surface area contributed by atoms with E-state index in [9.17, 15) is 22.8 Å². The number of carbonyl (C=O) groups is 1. The molecule has 0 bridgehead atoms. The van der Waals surface area contributed by atoms with Crippen molar-refractivity contribution in [2.45, 2.75) is 96.1 Å². The number of rotatable bonds is 8. The monoisotopic (exact) mass is 571 g/mol. The summed E-state index contributed by atoms with van der Waals surface area (Å²) in [4.78, 5) is 37.2. The van der Waals surface area contributed by atoms with Crippen molar-refractivity contribution < 1.29 is 22.1 Å². The predicted octanol–water partition coefficient (Wildman–Crippen LogP) is 4.50. The van der Waals surface area contributed by atoms with Crippen molar-refractivity contribution in [1.29, 1.82) is 0 Å². The summed E-state index contributed by atoms with van der Waals surface area (Å²) in [6.45, 7) is 13.2. The number of fused-ring (bicyclic) bond motifs is 1. The van der Waals surface area contributed by atoms with Crippen LogP contribution >= 0.6 is 0 Å². The molecule has 0 amide bonds. The van der Waals surface area contributed by atoms with Crippen LogP contribution in [0.2, 0.25) is 0 Å². The van der Waals surface area contributed by atoms with E-state index in [0.29, 0.717) is 24.0 Å². The first-order valence-electron chi connectivity index (χ1n) is 13.5. The second-order valence-electron chi connectivity index (χ2n) is 11.5. The average Bonchev–Trinajstić information content (AvgIpc) is 2.83. The molecule has 0 unspecified atom stereocenters. The van der Waals surface area contributed by atoms with Crippen LogP contribution < -0.4 is 15.3 Å². The third-order valence-electron chi connectivity index (χ3n) is 7.39. The fraction of sp³-hybridized carbons (Fsp3) is 0.517. The van der Waals surface area contributed by atoms with Gasteiger partial charge in [-0.05, 0) is 34.4 Å². The van der Waals surface area contributed by atoms with Gasteiger partial charge in [-0.25, -0.2) is 4.68 Å². The quantitative estimate of drug-likeness (QED) is 0.286. The van der Waals surface area contributed by atoms with E-state index >= 15 is 0 Å². The third-order valence-corrected chi connectivity index (χ3v) is 8.74. The molecular formula is C29H37N3O7S. The lowest BCUT2D eigenvalue weighted by molar-refractivity contribution is -0.152. The molecule has 4 rings (SSSR count). The molecule has 0 N–H and O–H groups in total. The highest BCUT2D eigenvalue weighted by Crippen LogP contribution is 2.38. The van der Waals surface area contributed by atoms with Crippen LogP contribution in [0.5, 0.6) is 5.88 Å². The Morgan fingerprint density at radius 1 is 0.950 bits per heavy atom. The lowest BCUT2D eigenvalue weighted by Gasteiger charge is -2.35. The van der Waals surface area contributed by atoms with Crippen LogP contribution in [0.3, 0.4) is 0 Å². The number of aromatic nitrogens is 3. The van der Waals surface area contributed by atoms with Crippen molar-refractivity contribution in [3.05, 3.63) is 61.8 Å². The SMILES string of the molecule is CC(=O)OC1CC(n2cc3c(OS(=O)(=O)c4c(C(C)C)cc(C(C)C)cc4C(C)C)nn(C)c(=O)c3cc2=O)C1. The molecule has 0 saturated heterocycles. The van der Waals surface area contributed by atoms with Crippen LogP contribution in [0.15, 0.2) is 38.9 Å². The Kier molecular flexibility index (Phi) is 7.99. The molecule has 1 saturated carbocycles. The van der Waals surface area contributed by atoms with E-state index in [1.807, 2.05) is 39.8 Å². The van der Waals surface area contributed by atoms with E-state index in [0.717, 1.165) is 10.2 Å². The molecule has 0 atom stereocenters. The molecule has 2 aromatic heterocycles. The maximum absolute atomic E-state index is 14.0. The molecule has 1 aliphatic carbocycles. The number of nitrogens with zero attached hydrogens (tertiary/aromatic N) is 3. The first kappa shape index (κ1) is 29.5. The van der Waals surface area contributed by atoms with Crippen LogP contribution in [0.25, 0.3) is 10.8 Å². The zero-order valence-corrected chi connectivity index (χ0v) is 25.0. The Hall–Kier alpha value is -3.47. The maximum Gasteiger partial charge on any atom is 0.341 e. The molecule has 3 aromatic rings. The molecule has 0 spiro atoms. The number of pyridine rings is 1. The van der Waals surface area contributed by atoms with Gasteiger partial charge in [0.05, 0.1) is 10.8 Å². The fourth-order valence-electron chi connectivity index (χ4n) is 5.07. The topological polar surface area (TPSA) is 127 Å². The summed E-state index contributed by atoms with van der Waals surface area (Å²) < 4.78 is 41.3. The van der Waals surface area contributed by atoms with E-state index in [4.69, 9.17) is 8.92 Å². The van der Waals surface area contributed by atoms with E-state index in [-0.39, 0.29) is 51.4 Å². The van der Waals surface area contributed by atoms with Gasteiger partial charge in [0.2, 0.25) is 0 Å². The van der Waals surface area contributed by atoms with E-state index in [1.54, 1.807) is 0 Å². The van der Waals surface area contributed by atoms with Crippen LogP contribution in [-0.2, 0) is 26.7 Å². The first-order chi connectivity index (χ1) is 18.6. The highest BCUT2D eigenvalue weighted by atomic mass is 32.2. The van der Waals surface area contributed by atoms with E-state index in [1.165, 1.54) is 30.8 Å². The molecule has 2 heterocycles. The maximum atomic E-state index is 14.0. The fourth-order valence-corrected chi connectivity index (χ4v) is 6.65. The minimum absolute atomic E-state index is 0.00290. The van der Waals surface area contributed by atoms with Gasteiger partial charge in [0, 0.05) is 45.1 Å². The van der Waals surface area contributed by atoms with Gasteiger partial charge >= 0.3 is 16.1 Å². The Balaban J connectivity index is 1.87. The summed E-state index contributed by atoms with van der Waals surface area (Å²) in [5.41, 5.74) is 1.35. The minimum atomic E-state index is -4.41. The Morgan fingerprint density at radius 3 is 2.02 bits per heavy atom. The van der Waals surface area contributed by atoms with Gasteiger partial charge in [-0.15, -0.1) is 5.10 Å². The van der Waals surface area contributed by atoms with Crippen molar-refractivity contribution >= 4 is 26.9 Å². The highest BCUT2D eigenvalue weighted by molar-refractivity contribution is 7.87. The van der Waals surface area contributed by atoms with Crippen molar-refractivity contribution in [2.24, 2.45) is 7.05 Å². The van der Waals surface area contributed by atoms with Gasteiger partial charge in [0.25, 0.3) is 17.0 Å². The van der Waals surface area contributed by atoms with Gasteiger partial charge in [0.15, 0.2) is 0 Å². The number of hydrogen-bond donors (Lipinski definition) is 0. The van der Waals surface area contributed by atoms with Crippen molar-refractivity contribution in [2.75, 3.05) is 0 Å². The van der Waals surface area contributed by atoms with Gasteiger partial charge < -0.3 is 13.5 Å². The number of esters is 1. The predicted molar refractivity (Wildman–Crippen MR) is 152 cm³/mol. The zero-order chi connectivity index (χ0) is 29.7. The first-order valence-corrected chi connectivity index (χ1v) is 14.9. The van der Waals surface area contributed by atoms with Crippen LogP contribution in [0.1, 0.15) is 102 Å². The third kappa shape index (κ3) is 5.56. The van der Waals surface area contributed by atoms with Gasteiger partial charge in [-0.3, -0.25) is 14.4 Å². The summed E-state index contributed by atoms with van der Waals surface area (Å²) in [5.74, 6) is -0.706. The van der Waals surface area contributed by atoms with Crippen LogP contribution in [0.4, 0.5) is 0 Å². The molecule has 11 heteroatoms. The smallest absolute Gasteiger partial charge is 0.341 e. The number of hydrogen-bond acceptors (Lipinski definition) is 8. The van der Waals surface area contributed by atoms with E-state index < -0.39 is 27.2 Å². The van der Waals surface area contributed by atoms with E-state index in [2.05, 4.69) is 18.9 Å². The molecular weight excluding hydrogens is 534 g/mol. The Labute approximate surface area is 234 Å². The Bertz CT molecular complexity index is 1670. The van der Waals surface area contributed by atoms with Crippen LogP contribution in [-0.4, -0.2) is 34.8 Å². The molecule has 1 fully saturated rings. The second kappa shape index (κ2) is 10.8. The van der Waals surface area contributed by atoms with Crippen molar-refractivity contribution in [3.8, 4) is 5.88 Å². The number of carbonyl (C=O) groups excluding carboxylic acids is 1. The zero-order valence-electron chi connectivity index (χ0n) is 24.2. The highest BCUT2D eigenvalue weighted by Gasteiger charge is 2.34. The summed E-state index contributed by atoms with van der Waals surface area (Å²) in [7, 11) is -3.03. The largest absolute Gasteiger partial charge is 0.462 e. The number of ether oxygens (including phenoxy) is 1. The lowest BCUT2D eigenvalue weighted by Crippen LogP contribution is -2.39. The molecule has 0 aliphatic heterocycles. The molecule has 10 nitrogen and oxygen atoms in total. The minimum Gasteiger partial charge on any atom is -0.462 e. The van der Waals surface area contributed by atoms with Gasteiger partial charge in [0.1, 0.15) is 11.0 Å². The number of benzene rings is 1. The summed E-state index contributed by atoms with van der Waals surface area (Å²) in [6.07, 6.45) is 1.96. The normalized spacial score (nSPS) is 17.5. The molecule has 216 valence electrons. The summed E-state index contributed by atoms with van der Waals surface area (Å²) >= 11 is 0. The second-order valence-corrected chi connectivity index (χ2v) is 13.0. The van der Waals surface area contributed by atoms with Gasteiger partial charge in [-0.1, -0.05) is 53.7 Å². The molecule has 1 aromatic carbocycles. The summed E-state index contributed by atoms with van der Waals surface area (Å²) in [6, 6.07) is 4.72. The summed E-state index contributed by atoms with van der Waals surface area (Å²) in [5, 5.41) is 4.27. The van der Waals surface area contributed by atoms with Crippen molar-refractivity contribution in [3.63, 3.8) is 0 Å². The van der Waals surface area contributed by atoms with Crippen molar-refractivity contribution in [1.82, 2.24) is 14.3 Å². The van der Waals surface area contributed by atoms with Gasteiger partial charge in [-0.2, -0.15) is 8.42 Å². The molecule has 40 heavy (non-hydrogen) atoms. The number of aryl methyl sites for hydroxylation is 1. The molecule has 1 aliphatic rings. The van der Waals surface area contributed by atoms with Crippen LogP contribution in [0, 0.1) is 0 Å². The molecule has 0 radical (unpaired) electrons. The Morgan fingerprint density at radius 2 is 1.52 bits per heavy atom.